The fourth-order valence-corrected chi connectivity index (χ4v) is 4.53. The average Bonchev–Trinajstić information content (AvgIpc) is 3.00. The summed E-state index contributed by atoms with van der Waals surface area (Å²) in [5.41, 5.74) is 2.91. The van der Waals surface area contributed by atoms with Crippen molar-refractivity contribution in [3.63, 3.8) is 0 Å². The molecule has 1 heterocycles. The van der Waals surface area contributed by atoms with Crippen LogP contribution in [0.3, 0.4) is 0 Å². The van der Waals surface area contributed by atoms with Crippen molar-refractivity contribution in [1.29, 1.82) is 0 Å². The molecule has 0 radical (unpaired) electrons. The molecule has 0 aliphatic heterocycles. The van der Waals surface area contributed by atoms with Gasteiger partial charge in [-0.3, -0.25) is 0 Å². The van der Waals surface area contributed by atoms with Gasteiger partial charge in [-0.15, -0.1) is 0 Å². The lowest BCUT2D eigenvalue weighted by atomic mass is 10.0. The van der Waals surface area contributed by atoms with Crippen LogP contribution >= 0.6 is 0 Å². The molecule has 3 rings (SSSR count). The second-order valence-electron chi connectivity index (χ2n) is 7.06. The summed E-state index contributed by atoms with van der Waals surface area (Å²) in [6.45, 7) is 6.39. The van der Waals surface area contributed by atoms with Gasteiger partial charge in [0.05, 0.1) is 4.90 Å². The first-order valence-corrected chi connectivity index (χ1v) is 13.0. The van der Waals surface area contributed by atoms with Crippen molar-refractivity contribution >= 4 is 23.5 Å². The standard InChI is InChI=1S/C18H19FN2O3SSi/c1-26(2,3)18-16(12-6-10-15(11-7-12)25(20,22)23)17(21-24-18)13-4-8-14(19)9-5-13/h4-11H,1-3H3,(H2,20,22,23). The highest BCUT2D eigenvalue weighted by Gasteiger charge is 2.30. The zero-order valence-electron chi connectivity index (χ0n) is 14.7. The van der Waals surface area contributed by atoms with E-state index >= 15 is 0 Å². The number of hydrogen-bond acceptors (Lipinski definition) is 4. The van der Waals surface area contributed by atoms with Crippen LogP contribution in [0.25, 0.3) is 22.4 Å². The number of halogens is 1. The van der Waals surface area contributed by atoms with Crippen LogP contribution in [0, 0.1) is 5.82 Å². The van der Waals surface area contributed by atoms with Gasteiger partial charge in [0.25, 0.3) is 0 Å². The highest BCUT2D eigenvalue weighted by Crippen LogP contribution is 2.32. The van der Waals surface area contributed by atoms with Crippen LogP contribution in [0.1, 0.15) is 0 Å². The molecule has 0 aliphatic carbocycles. The molecule has 0 amide bonds. The van der Waals surface area contributed by atoms with E-state index in [9.17, 15) is 12.8 Å². The van der Waals surface area contributed by atoms with Gasteiger partial charge < -0.3 is 4.52 Å². The van der Waals surface area contributed by atoms with Gasteiger partial charge in [-0.1, -0.05) is 36.9 Å². The molecule has 26 heavy (non-hydrogen) atoms. The van der Waals surface area contributed by atoms with Crippen LogP contribution in [-0.2, 0) is 10.0 Å². The normalized spacial score (nSPS) is 12.3. The Labute approximate surface area is 152 Å². The molecule has 3 aromatic rings. The highest BCUT2D eigenvalue weighted by atomic mass is 32.2. The first-order valence-electron chi connectivity index (χ1n) is 7.97. The molecule has 0 fully saturated rings. The molecule has 0 atom stereocenters. The summed E-state index contributed by atoms with van der Waals surface area (Å²) in [5.74, 6) is -0.332. The van der Waals surface area contributed by atoms with Crippen LogP contribution in [-0.4, -0.2) is 21.6 Å². The van der Waals surface area contributed by atoms with Crippen molar-refractivity contribution in [2.45, 2.75) is 24.5 Å². The van der Waals surface area contributed by atoms with E-state index in [0.29, 0.717) is 5.69 Å². The molecule has 0 bridgehead atoms. The van der Waals surface area contributed by atoms with Crippen LogP contribution in [0.5, 0.6) is 0 Å². The number of rotatable bonds is 4. The summed E-state index contributed by atoms with van der Waals surface area (Å²) in [4.78, 5) is 0.0376. The lowest BCUT2D eigenvalue weighted by Gasteiger charge is -2.14. The van der Waals surface area contributed by atoms with E-state index in [0.717, 1.165) is 22.1 Å². The molecule has 2 N–H and O–H groups in total. The molecule has 0 saturated carbocycles. The van der Waals surface area contributed by atoms with Gasteiger partial charge in [-0.25, -0.2) is 17.9 Å². The second kappa shape index (κ2) is 6.46. The Hall–Kier alpha value is -2.29. The number of aromatic nitrogens is 1. The Morgan fingerprint density at radius 1 is 0.962 bits per heavy atom. The van der Waals surface area contributed by atoms with Gasteiger partial charge in [0.15, 0.2) is 0 Å². The minimum absolute atomic E-state index is 0.0376. The number of hydrogen-bond donors (Lipinski definition) is 1. The first kappa shape index (κ1) is 18.5. The van der Waals surface area contributed by atoms with Crippen molar-refractivity contribution in [3.8, 4) is 22.4 Å². The van der Waals surface area contributed by atoms with Crippen LogP contribution in [0.4, 0.5) is 4.39 Å². The number of primary sulfonamides is 1. The SMILES string of the molecule is C[Si](C)(C)c1onc(-c2ccc(F)cc2)c1-c1ccc(S(N)(=O)=O)cc1. The predicted molar refractivity (Wildman–Crippen MR) is 102 cm³/mol. The lowest BCUT2D eigenvalue weighted by molar-refractivity contribution is 0.446. The van der Waals surface area contributed by atoms with E-state index in [1.54, 1.807) is 24.3 Å². The molecule has 0 unspecified atom stereocenters. The van der Waals surface area contributed by atoms with Gasteiger partial charge in [-0.05, 0) is 42.0 Å². The zero-order valence-corrected chi connectivity index (χ0v) is 16.5. The monoisotopic (exact) mass is 390 g/mol. The Kier molecular flexibility index (Phi) is 4.59. The van der Waals surface area contributed by atoms with E-state index in [2.05, 4.69) is 24.8 Å². The third-order valence-electron chi connectivity index (χ3n) is 3.96. The molecule has 8 heteroatoms. The molecule has 2 aromatic carbocycles. The summed E-state index contributed by atoms with van der Waals surface area (Å²) in [6, 6.07) is 12.3. The van der Waals surface area contributed by atoms with E-state index in [1.807, 2.05) is 0 Å². The fourth-order valence-electron chi connectivity index (χ4n) is 2.69. The summed E-state index contributed by atoms with van der Waals surface area (Å²) in [6.07, 6.45) is 0. The van der Waals surface area contributed by atoms with E-state index in [-0.39, 0.29) is 10.7 Å². The van der Waals surface area contributed by atoms with Crippen molar-refractivity contribution in [2.24, 2.45) is 5.14 Å². The Morgan fingerprint density at radius 2 is 1.50 bits per heavy atom. The lowest BCUT2D eigenvalue weighted by Crippen LogP contribution is -2.37. The van der Waals surface area contributed by atoms with Gasteiger partial charge in [0, 0.05) is 11.1 Å². The maximum absolute atomic E-state index is 13.3. The minimum atomic E-state index is -3.77. The molecule has 0 spiro atoms. The van der Waals surface area contributed by atoms with E-state index in [1.165, 1.54) is 24.3 Å². The molecule has 0 saturated heterocycles. The minimum Gasteiger partial charge on any atom is -0.365 e. The van der Waals surface area contributed by atoms with Gasteiger partial charge in [0.2, 0.25) is 10.0 Å². The summed E-state index contributed by atoms with van der Waals surface area (Å²) < 4.78 is 41.9. The van der Waals surface area contributed by atoms with Gasteiger partial charge >= 0.3 is 0 Å². The molecule has 0 aliphatic rings. The maximum atomic E-state index is 13.3. The number of sulfonamides is 1. The highest BCUT2D eigenvalue weighted by molar-refractivity contribution is 7.89. The van der Waals surface area contributed by atoms with Crippen LogP contribution in [0.2, 0.25) is 19.6 Å². The summed E-state index contributed by atoms with van der Waals surface area (Å²) in [5, 5.41) is 10.2. The van der Waals surface area contributed by atoms with Gasteiger partial charge in [-0.2, -0.15) is 0 Å². The smallest absolute Gasteiger partial charge is 0.238 e. The molecule has 5 nitrogen and oxygen atoms in total. The first-order chi connectivity index (χ1) is 12.1. The third kappa shape index (κ3) is 3.62. The van der Waals surface area contributed by atoms with Crippen LogP contribution < -0.4 is 10.5 Å². The zero-order chi connectivity index (χ0) is 19.1. The Balaban J connectivity index is 2.21. The maximum Gasteiger partial charge on any atom is 0.238 e. The van der Waals surface area contributed by atoms with Crippen molar-refractivity contribution in [3.05, 3.63) is 54.3 Å². The topological polar surface area (TPSA) is 86.2 Å². The summed E-state index contributed by atoms with van der Waals surface area (Å²) in [7, 11) is -5.65. The average molecular weight is 391 g/mol. The number of benzene rings is 2. The van der Waals surface area contributed by atoms with Crippen molar-refractivity contribution in [2.75, 3.05) is 0 Å². The van der Waals surface area contributed by atoms with Crippen molar-refractivity contribution < 1.29 is 17.3 Å². The van der Waals surface area contributed by atoms with Gasteiger partial charge in [0.1, 0.15) is 25.0 Å². The van der Waals surface area contributed by atoms with E-state index < -0.39 is 18.1 Å². The number of nitrogens with two attached hydrogens (primary N) is 1. The predicted octanol–water partition coefficient (Wildman–Crippen LogP) is 3.34. The Bertz CT molecular complexity index is 1040. The number of nitrogens with zero attached hydrogens (tertiary/aromatic N) is 1. The molecule has 136 valence electrons. The second-order valence-corrected chi connectivity index (χ2v) is 13.6. The molecular weight excluding hydrogens is 371 g/mol. The third-order valence-corrected chi connectivity index (χ3v) is 6.60. The fraction of sp³-hybridized carbons (Fsp3) is 0.167. The summed E-state index contributed by atoms with van der Waals surface area (Å²) >= 11 is 0. The van der Waals surface area contributed by atoms with E-state index in [4.69, 9.17) is 9.66 Å². The van der Waals surface area contributed by atoms with Crippen molar-refractivity contribution in [1.82, 2.24) is 5.16 Å². The quantitative estimate of drug-likeness (QED) is 0.692. The Morgan fingerprint density at radius 3 is 2.00 bits per heavy atom. The van der Waals surface area contributed by atoms with Crippen LogP contribution in [0.15, 0.2) is 57.9 Å². The molecular formula is C18H19FN2O3SSi. The molecule has 1 aromatic heterocycles. The largest absolute Gasteiger partial charge is 0.365 e.